The number of nitrogens with one attached hydrogen (secondary N) is 2. The standard InChI is InChI=1S/C17H17FN2O2/c1-10-4-6-12(8-14(10)18)17(22)20-15-9-13(16(21)19-3)7-5-11(15)2/h4-9H,1-3H3,(H,19,21)(H,20,22). The molecule has 22 heavy (non-hydrogen) atoms. The van der Waals surface area contributed by atoms with Crippen LogP contribution in [0.3, 0.4) is 0 Å². The SMILES string of the molecule is CNC(=O)c1ccc(C)c(NC(=O)c2ccc(C)c(F)c2)c1. The van der Waals surface area contributed by atoms with Gasteiger partial charge in [0.05, 0.1) is 0 Å². The number of amides is 2. The quantitative estimate of drug-likeness (QED) is 0.915. The summed E-state index contributed by atoms with van der Waals surface area (Å²) < 4.78 is 13.5. The summed E-state index contributed by atoms with van der Waals surface area (Å²) in [5, 5.41) is 5.23. The van der Waals surface area contributed by atoms with Gasteiger partial charge in [0.25, 0.3) is 11.8 Å². The molecule has 0 aliphatic heterocycles. The van der Waals surface area contributed by atoms with Crippen LogP contribution in [-0.4, -0.2) is 18.9 Å². The molecule has 0 saturated carbocycles. The average Bonchev–Trinajstić information content (AvgIpc) is 2.51. The molecule has 0 saturated heterocycles. The van der Waals surface area contributed by atoms with E-state index in [1.165, 1.54) is 13.1 Å². The van der Waals surface area contributed by atoms with E-state index in [1.807, 2.05) is 6.92 Å². The molecular weight excluding hydrogens is 283 g/mol. The van der Waals surface area contributed by atoms with Gasteiger partial charge in [0.1, 0.15) is 5.82 Å². The highest BCUT2D eigenvalue weighted by molar-refractivity contribution is 6.05. The normalized spacial score (nSPS) is 10.2. The number of aryl methyl sites for hydroxylation is 2. The fraction of sp³-hybridized carbons (Fsp3) is 0.176. The van der Waals surface area contributed by atoms with Gasteiger partial charge in [0, 0.05) is 23.9 Å². The lowest BCUT2D eigenvalue weighted by molar-refractivity contribution is 0.0961. The van der Waals surface area contributed by atoms with Crippen LogP contribution in [0.5, 0.6) is 0 Å². The van der Waals surface area contributed by atoms with Crippen molar-refractivity contribution in [3.8, 4) is 0 Å². The molecule has 0 radical (unpaired) electrons. The number of hydrogen-bond acceptors (Lipinski definition) is 2. The minimum absolute atomic E-state index is 0.229. The Balaban J connectivity index is 2.27. The van der Waals surface area contributed by atoms with Crippen molar-refractivity contribution in [1.29, 1.82) is 0 Å². The second-order valence-corrected chi connectivity index (χ2v) is 5.03. The second kappa shape index (κ2) is 6.39. The zero-order valence-corrected chi connectivity index (χ0v) is 12.7. The predicted molar refractivity (Wildman–Crippen MR) is 83.7 cm³/mol. The summed E-state index contributed by atoms with van der Waals surface area (Å²) in [4.78, 5) is 23.8. The van der Waals surface area contributed by atoms with E-state index in [0.29, 0.717) is 16.8 Å². The third kappa shape index (κ3) is 3.31. The van der Waals surface area contributed by atoms with Crippen LogP contribution in [0.4, 0.5) is 10.1 Å². The fourth-order valence-corrected chi connectivity index (χ4v) is 1.97. The first-order valence-electron chi connectivity index (χ1n) is 6.82. The van der Waals surface area contributed by atoms with E-state index in [0.717, 1.165) is 5.56 Å². The predicted octanol–water partition coefficient (Wildman–Crippen LogP) is 3.05. The third-order valence-corrected chi connectivity index (χ3v) is 3.41. The zero-order chi connectivity index (χ0) is 16.3. The largest absolute Gasteiger partial charge is 0.355 e. The Kier molecular flexibility index (Phi) is 4.56. The summed E-state index contributed by atoms with van der Waals surface area (Å²) in [5.41, 5.74) is 2.49. The van der Waals surface area contributed by atoms with Crippen molar-refractivity contribution < 1.29 is 14.0 Å². The minimum Gasteiger partial charge on any atom is -0.355 e. The van der Waals surface area contributed by atoms with Crippen molar-refractivity contribution in [3.05, 3.63) is 64.5 Å². The Hall–Kier alpha value is -2.69. The van der Waals surface area contributed by atoms with Crippen LogP contribution in [0.15, 0.2) is 36.4 Å². The number of hydrogen-bond donors (Lipinski definition) is 2. The molecule has 2 aromatic rings. The third-order valence-electron chi connectivity index (χ3n) is 3.41. The summed E-state index contributed by atoms with van der Waals surface area (Å²) in [6.45, 7) is 3.45. The van der Waals surface area contributed by atoms with Crippen LogP contribution in [0.1, 0.15) is 31.8 Å². The molecule has 4 nitrogen and oxygen atoms in total. The highest BCUT2D eigenvalue weighted by Gasteiger charge is 2.12. The van der Waals surface area contributed by atoms with Gasteiger partial charge in [0.2, 0.25) is 0 Å². The van der Waals surface area contributed by atoms with E-state index < -0.39 is 11.7 Å². The summed E-state index contributed by atoms with van der Waals surface area (Å²) in [6, 6.07) is 9.33. The van der Waals surface area contributed by atoms with E-state index in [4.69, 9.17) is 0 Å². The van der Waals surface area contributed by atoms with Gasteiger partial charge in [-0.25, -0.2) is 4.39 Å². The molecule has 0 spiro atoms. The molecule has 0 aromatic heterocycles. The van der Waals surface area contributed by atoms with E-state index in [2.05, 4.69) is 10.6 Å². The van der Waals surface area contributed by atoms with Crippen LogP contribution in [-0.2, 0) is 0 Å². The molecule has 0 aliphatic carbocycles. The number of rotatable bonds is 3. The van der Waals surface area contributed by atoms with Gasteiger partial charge >= 0.3 is 0 Å². The average molecular weight is 300 g/mol. The number of carbonyl (C=O) groups is 2. The van der Waals surface area contributed by atoms with E-state index in [1.54, 1.807) is 37.3 Å². The van der Waals surface area contributed by atoms with Crippen molar-refractivity contribution >= 4 is 17.5 Å². The Labute approximate surface area is 128 Å². The van der Waals surface area contributed by atoms with Crippen molar-refractivity contribution in [1.82, 2.24) is 5.32 Å². The zero-order valence-electron chi connectivity index (χ0n) is 12.7. The number of benzene rings is 2. The van der Waals surface area contributed by atoms with Crippen molar-refractivity contribution in [2.75, 3.05) is 12.4 Å². The van der Waals surface area contributed by atoms with Gasteiger partial charge in [-0.1, -0.05) is 12.1 Å². The first-order chi connectivity index (χ1) is 10.4. The Bertz CT molecular complexity index is 741. The van der Waals surface area contributed by atoms with Gasteiger partial charge in [0.15, 0.2) is 0 Å². The number of anilines is 1. The second-order valence-electron chi connectivity index (χ2n) is 5.03. The smallest absolute Gasteiger partial charge is 0.255 e. The summed E-state index contributed by atoms with van der Waals surface area (Å²) in [5.74, 6) is -1.09. The highest BCUT2D eigenvalue weighted by atomic mass is 19.1. The molecule has 2 rings (SSSR count). The van der Waals surface area contributed by atoms with E-state index in [-0.39, 0.29) is 11.5 Å². The van der Waals surface area contributed by atoms with Gasteiger partial charge < -0.3 is 10.6 Å². The van der Waals surface area contributed by atoms with Crippen LogP contribution < -0.4 is 10.6 Å². The molecule has 2 N–H and O–H groups in total. The topological polar surface area (TPSA) is 58.2 Å². The molecule has 0 fully saturated rings. The van der Waals surface area contributed by atoms with Gasteiger partial charge in [-0.05, 0) is 49.2 Å². The molecule has 0 bridgehead atoms. The van der Waals surface area contributed by atoms with Gasteiger partial charge in [-0.15, -0.1) is 0 Å². The Morgan fingerprint density at radius 3 is 2.09 bits per heavy atom. The maximum atomic E-state index is 13.5. The molecule has 0 atom stereocenters. The monoisotopic (exact) mass is 300 g/mol. The van der Waals surface area contributed by atoms with Crippen LogP contribution in [0.2, 0.25) is 0 Å². The van der Waals surface area contributed by atoms with Gasteiger partial charge in [-0.3, -0.25) is 9.59 Å². The van der Waals surface area contributed by atoms with Crippen LogP contribution >= 0.6 is 0 Å². The first-order valence-corrected chi connectivity index (χ1v) is 6.82. The molecule has 0 unspecified atom stereocenters. The van der Waals surface area contributed by atoms with E-state index >= 15 is 0 Å². The number of carbonyl (C=O) groups excluding carboxylic acids is 2. The Morgan fingerprint density at radius 1 is 0.909 bits per heavy atom. The van der Waals surface area contributed by atoms with Crippen LogP contribution in [0.25, 0.3) is 0 Å². The van der Waals surface area contributed by atoms with E-state index in [9.17, 15) is 14.0 Å². The van der Waals surface area contributed by atoms with Crippen molar-refractivity contribution in [3.63, 3.8) is 0 Å². The first kappa shape index (κ1) is 15.7. The maximum Gasteiger partial charge on any atom is 0.255 e. The lowest BCUT2D eigenvalue weighted by atomic mass is 10.1. The highest BCUT2D eigenvalue weighted by Crippen LogP contribution is 2.18. The number of halogens is 1. The lowest BCUT2D eigenvalue weighted by Gasteiger charge is -2.10. The van der Waals surface area contributed by atoms with Crippen molar-refractivity contribution in [2.45, 2.75) is 13.8 Å². The molecule has 2 aromatic carbocycles. The minimum atomic E-state index is -0.427. The fourth-order valence-electron chi connectivity index (χ4n) is 1.97. The molecular formula is C17H17FN2O2. The summed E-state index contributed by atoms with van der Waals surface area (Å²) >= 11 is 0. The molecule has 114 valence electrons. The summed E-state index contributed by atoms with van der Waals surface area (Å²) in [7, 11) is 1.54. The molecule has 2 amide bonds. The molecule has 0 aliphatic rings. The Morgan fingerprint density at radius 2 is 1.50 bits per heavy atom. The summed E-state index contributed by atoms with van der Waals surface area (Å²) in [6.07, 6.45) is 0. The maximum absolute atomic E-state index is 13.5. The van der Waals surface area contributed by atoms with Crippen molar-refractivity contribution in [2.24, 2.45) is 0 Å². The molecule has 5 heteroatoms. The lowest BCUT2D eigenvalue weighted by Crippen LogP contribution is -2.19. The molecule has 0 heterocycles. The van der Waals surface area contributed by atoms with Crippen LogP contribution in [0, 0.1) is 19.7 Å². The van der Waals surface area contributed by atoms with Gasteiger partial charge in [-0.2, -0.15) is 0 Å².